The lowest BCUT2D eigenvalue weighted by molar-refractivity contribution is 0.172. The molecule has 0 aromatic carbocycles. The minimum Gasteiger partial charge on any atom is -0.388 e. The zero-order valence-electron chi connectivity index (χ0n) is 9.85. The van der Waals surface area contributed by atoms with Gasteiger partial charge in [-0.2, -0.15) is 5.10 Å². The standard InChI is InChI=1S/C11H15N5O/c1-8(2)16-11(14-7-15-16)3-10(17)9-4-12-6-13-5-9/h4-8,10,17H,3H2,1-2H3. The minimum atomic E-state index is -0.655. The van der Waals surface area contributed by atoms with E-state index in [1.54, 1.807) is 17.1 Å². The van der Waals surface area contributed by atoms with Crippen LogP contribution in [0.25, 0.3) is 0 Å². The highest BCUT2D eigenvalue weighted by Crippen LogP contribution is 2.16. The maximum Gasteiger partial charge on any atom is 0.138 e. The molecule has 2 aromatic heterocycles. The monoisotopic (exact) mass is 233 g/mol. The summed E-state index contributed by atoms with van der Waals surface area (Å²) in [6.07, 6.45) is 5.90. The molecule has 0 bridgehead atoms. The zero-order valence-corrected chi connectivity index (χ0v) is 9.85. The van der Waals surface area contributed by atoms with E-state index >= 15 is 0 Å². The van der Waals surface area contributed by atoms with Gasteiger partial charge in [0, 0.05) is 30.4 Å². The lowest BCUT2D eigenvalue weighted by atomic mass is 10.1. The summed E-state index contributed by atoms with van der Waals surface area (Å²) in [5, 5.41) is 14.2. The summed E-state index contributed by atoms with van der Waals surface area (Å²) in [5.74, 6) is 0.761. The molecule has 6 nitrogen and oxygen atoms in total. The number of rotatable bonds is 4. The molecule has 2 aromatic rings. The largest absolute Gasteiger partial charge is 0.388 e. The molecule has 1 N–H and O–H groups in total. The highest BCUT2D eigenvalue weighted by molar-refractivity contribution is 5.09. The van der Waals surface area contributed by atoms with Gasteiger partial charge in [-0.3, -0.25) is 0 Å². The number of nitrogens with zero attached hydrogens (tertiary/aromatic N) is 5. The van der Waals surface area contributed by atoms with Gasteiger partial charge in [-0.05, 0) is 13.8 Å². The van der Waals surface area contributed by atoms with Gasteiger partial charge in [-0.15, -0.1) is 0 Å². The van der Waals surface area contributed by atoms with E-state index in [2.05, 4.69) is 20.1 Å². The van der Waals surface area contributed by atoms with Crippen LogP contribution in [-0.4, -0.2) is 29.8 Å². The molecule has 1 unspecified atom stereocenters. The second-order valence-electron chi connectivity index (χ2n) is 4.11. The van der Waals surface area contributed by atoms with Crippen LogP contribution in [0, 0.1) is 0 Å². The molecular weight excluding hydrogens is 218 g/mol. The van der Waals surface area contributed by atoms with Crippen LogP contribution in [0.2, 0.25) is 0 Å². The SMILES string of the molecule is CC(C)n1ncnc1CC(O)c1cncnc1. The van der Waals surface area contributed by atoms with Crippen molar-refractivity contribution in [3.05, 3.63) is 36.4 Å². The van der Waals surface area contributed by atoms with E-state index in [1.807, 2.05) is 13.8 Å². The molecule has 0 aliphatic carbocycles. The topological polar surface area (TPSA) is 76.7 Å². The van der Waals surface area contributed by atoms with Crippen molar-refractivity contribution in [2.24, 2.45) is 0 Å². The summed E-state index contributed by atoms with van der Waals surface area (Å²) in [6.45, 7) is 4.05. The van der Waals surface area contributed by atoms with Crippen LogP contribution in [0.4, 0.5) is 0 Å². The maximum atomic E-state index is 10.0. The van der Waals surface area contributed by atoms with Gasteiger partial charge in [0.2, 0.25) is 0 Å². The molecule has 0 aliphatic rings. The normalized spacial score (nSPS) is 12.9. The molecule has 17 heavy (non-hydrogen) atoms. The van der Waals surface area contributed by atoms with E-state index in [1.165, 1.54) is 12.7 Å². The van der Waals surface area contributed by atoms with Crippen molar-refractivity contribution >= 4 is 0 Å². The quantitative estimate of drug-likeness (QED) is 0.849. The molecule has 2 rings (SSSR count). The van der Waals surface area contributed by atoms with Crippen molar-refractivity contribution in [3.8, 4) is 0 Å². The van der Waals surface area contributed by atoms with Gasteiger partial charge in [0.25, 0.3) is 0 Å². The van der Waals surface area contributed by atoms with Crippen LogP contribution in [0.3, 0.4) is 0 Å². The lowest BCUT2D eigenvalue weighted by Gasteiger charge is -2.12. The Hall–Kier alpha value is -1.82. The molecule has 90 valence electrons. The highest BCUT2D eigenvalue weighted by Gasteiger charge is 2.14. The summed E-state index contributed by atoms with van der Waals surface area (Å²) in [4.78, 5) is 11.9. The van der Waals surface area contributed by atoms with Crippen LogP contribution in [0.15, 0.2) is 25.0 Å². The third-order valence-corrected chi connectivity index (χ3v) is 2.48. The molecule has 0 amide bonds. The average Bonchev–Trinajstić information content (AvgIpc) is 2.78. The number of aliphatic hydroxyl groups excluding tert-OH is 1. The summed E-state index contributed by atoms with van der Waals surface area (Å²) in [7, 11) is 0. The summed E-state index contributed by atoms with van der Waals surface area (Å²) >= 11 is 0. The first-order chi connectivity index (χ1) is 8.18. The summed E-state index contributed by atoms with van der Waals surface area (Å²) < 4.78 is 1.80. The molecule has 0 saturated heterocycles. The molecule has 6 heteroatoms. The predicted molar refractivity (Wildman–Crippen MR) is 61.1 cm³/mol. The molecule has 0 spiro atoms. The fourth-order valence-corrected chi connectivity index (χ4v) is 1.62. The van der Waals surface area contributed by atoms with Gasteiger partial charge in [0.1, 0.15) is 18.5 Å². The van der Waals surface area contributed by atoms with Crippen molar-refractivity contribution in [1.82, 2.24) is 24.7 Å². The van der Waals surface area contributed by atoms with Gasteiger partial charge in [-0.25, -0.2) is 19.6 Å². The van der Waals surface area contributed by atoms with Crippen LogP contribution >= 0.6 is 0 Å². The summed E-state index contributed by atoms with van der Waals surface area (Å²) in [6, 6.07) is 0.228. The second-order valence-corrected chi connectivity index (χ2v) is 4.11. The molecule has 0 saturated carbocycles. The Morgan fingerprint density at radius 1 is 1.24 bits per heavy atom. The van der Waals surface area contributed by atoms with Gasteiger partial charge in [-0.1, -0.05) is 0 Å². The predicted octanol–water partition coefficient (Wildman–Crippen LogP) is 0.925. The fourth-order valence-electron chi connectivity index (χ4n) is 1.62. The lowest BCUT2D eigenvalue weighted by Crippen LogP contribution is -2.12. The number of hydrogen-bond donors (Lipinski definition) is 1. The third kappa shape index (κ3) is 2.65. The molecule has 0 fully saturated rings. The van der Waals surface area contributed by atoms with Crippen LogP contribution < -0.4 is 0 Å². The molecule has 2 heterocycles. The fraction of sp³-hybridized carbons (Fsp3) is 0.455. The van der Waals surface area contributed by atoms with Crippen LogP contribution in [0.1, 0.15) is 37.4 Å². The van der Waals surface area contributed by atoms with E-state index in [4.69, 9.17) is 0 Å². The first-order valence-electron chi connectivity index (χ1n) is 5.50. The molecule has 1 atom stereocenters. The van der Waals surface area contributed by atoms with Crippen molar-refractivity contribution in [2.75, 3.05) is 0 Å². The Morgan fingerprint density at radius 2 is 1.94 bits per heavy atom. The molecular formula is C11H15N5O. The van der Waals surface area contributed by atoms with Crippen molar-refractivity contribution in [3.63, 3.8) is 0 Å². The van der Waals surface area contributed by atoms with E-state index in [0.29, 0.717) is 12.0 Å². The smallest absolute Gasteiger partial charge is 0.138 e. The number of hydrogen-bond acceptors (Lipinski definition) is 5. The Kier molecular flexibility index (Phi) is 3.43. The first-order valence-corrected chi connectivity index (χ1v) is 5.50. The maximum absolute atomic E-state index is 10.0. The molecule has 0 aliphatic heterocycles. The minimum absolute atomic E-state index is 0.228. The van der Waals surface area contributed by atoms with Crippen molar-refractivity contribution in [1.29, 1.82) is 0 Å². The first kappa shape index (κ1) is 11.7. The zero-order chi connectivity index (χ0) is 12.3. The van der Waals surface area contributed by atoms with Crippen LogP contribution in [0.5, 0.6) is 0 Å². The number of aliphatic hydroxyl groups is 1. The van der Waals surface area contributed by atoms with Crippen molar-refractivity contribution < 1.29 is 5.11 Å². The second kappa shape index (κ2) is 5.01. The van der Waals surface area contributed by atoms with E-state index < -0.39 is 6.10 Å². The Bertz CT molecular complexity index is 468. The number of aromatic nitrogens is 5. The van der Waals surface area contributed by atoms with Crippen molar-refractivity contribution in [2.45, 2.75) is 32.4 Å². The average molecular weight is 233 g/mol. The van der Waals surface area contributed by atoms with Gasteiger partial charge < -0.3 is 5.11 Å². The van der Waals surface area contributed by atoms with Crippen LogP contribution in [-0.2, 0) is 6.42 Å². The Balaban J connectivity index is 2.13. The Labute approximate surface area is 99.4 Å². The van der Waals surface area contributed by atoms with Gasteiger partial charge >= 0.3 is 0 Å². The van der Waals surface area contributed by atoms with E-state index in [0.717, 1.165) is 5.82 Å². The molecule has 0 radical (unpaired) electrons. The van der Waals surface area contributed by atoms with E-state index in [-0.39, 0.29) is 6.04 Å². The van der Waals surface area contributed by atoms with Gasteiger partial charge in [0.15, 0.2) is 0 Å². The van der Waals surface area contributed by atoms with E-state index in [9.17, 15) is 5.11 Å². The third-order valence-electron chi connectivity index (χ3n) is 2.48. The summed E-state index contributed by atoms with van der Waals surface area (Å²) in [5.41, 5.74) is 0.686. The highest BCUT2D eigenvalue weighted by atomic mass is 16.3. The van der Waals surface area contributed by atoms with Gasteiger partial charge in [0.05, 0.1) is 6.10 Å². The Morgan fingerprint density at radius 3 is 2.59 bits per heavy atom.